The van der Waals surface area contributed by atoms with Crippen LogP contribution in [0.15, 0.2) is 48.8 Å². The standard InChI is InChI=1S/C19H21FN6/c20-18-5-3-15(4-6-18)12-25-11-1-2-16(13-25)14-26-23-19(22-24-26)17-7-9-21-10-8-17/h3-10,16H,1-2,11-14H2/t16-/m0/s1. The molecule has 1 atom stereocenters. The van der Waals surface area contributed by atoms with Gasteiger partial charge in [0.25, 0.3) is 0 Å². The lowest BCUT2D eigenvalue weighted by Crippen LogP contribution is -2.36. The number of halogens is 1. The summed E-state index contributed by atoms with van der Waals surface area (Å²) in [4.78, 5) is 8.12. The van der Waals surface area contributed by atoms with Gasteiger partial charge in [0.1, 0.15) is 5.82 Å². The van der Waals surface area contributed by atoms with Crippen LogP contribution in [0.1, 0.15) is 18.4 Å². The number of hydrogen-bond donors (Lipinski definition) is 0. The highest BCUT2D eigenvalue weighted by Crippen LogP contribution is 2.20. The van der Waals surface area contributed by atoms with Crippen molar-refractivity contribution in [2.45, 2.75) is 25.9 Å². The van der Waals surface area contributed by atoms with Crippen LogP contribution in [0.25, 0.3) is 11.4 Å². The van der Waals surface area contributed by atoms with Gasteiger partial charge in [-0.05, 0) is 60.3 Å². The number of benzene rings is 1. The minimum atomic E-state index is -0.187. The van der Waals surface area contributed by atoms with E-state index in [4.69, 9.17) is 0 Å². The van der Waals surface area contributed by atoms with Crippen molar-refractivity contribution in [3.63, 3.8) is 0 Å². The Hall–Kier alpha value is -2.67. The third-order valence-electron chi connectivity index (χ3n) is 4.74. The van der Waals surface area contributed by atoms with Crippen LogP contribution in [0.5, 0.6) is 0 Å². The summed E-state index contributed by atoms with van der Waals surface area (Å²) in [7, 11) is 0. The SMILES string of the molecule is Fc1ccc(CN2CCC[C@H](Cn3nnc(-c4ccncc4)n3)C2)cc1. The van der Waals surface area contributed by atoms with Crippen LogP contribution in [-0.4, -0.2) is 43.2 Å². The van der Waals surface area contributed by atoms with E-state index in [1.807, 2.05) is 24.3 Å². The number of tetrazole rings is 1. The van der Waals surface area contributed by atoms with Crippen molar-refractivity contribution in [1.29, 1.82) is 0 Å². The Bertz CT molecular complexity index is 833. The first-order valence-corrected chi connectivity index (χ1v) is 8.91. The maximum Gasteiger partial charge on any atom is 0.205 e. The van der Waals surface area contributed by atoms with Crippen LogP contribution >= 0.6 is 0 Å². The van der Waals surface area contributed by atoms with Gasteiger partial charge in [-0.25, -0.2) is 4.39 Å². The Morgan fingerprint density at radius 2 is 1.88 bits per heavy atom. The second-order valence-electron chi connectivity index (χ2n) is 6.77. The van der Waals surface area contributed by atoms with E-state index >= 15 is 0 Å². The van der Waals surface area contributed by atoms with Crippen molar-refractivity contribution >= 4 is 0 Å². The fourth-order valence-electron chi connectivity index (χ4n) is 3.46. The molecule has 0 saturated carbocycles. The molecule has 0 spiro atoms. The molecular weight excluding hydrogens is 331 g/mol. The van der Waals surface area contributed by atoms with Gasteiger partial charge in [0, 0.05) is 31.0 Å². The number of rotatable bonds is 5. The predicted octanol–water partition coefficient (Wildman–Crippen LogP) is 2.79. The zero-order valence-corrected chi connectivity index (χ0v) is 14.5. The van der Waals surface area contributed by atoms with Gasteiger partial charge in [-0.15, -0.1) is 10.2 Å². The minimum Gasteiger partial charge on any atom is -0.299 e. The minimum absolute atomic E-state index is 0.187. The Morgan fingerprint density at radius 1 is 1.08 bits per heavy atom. The number of likely N-dealkylation sites (tertiary alicyclic amines) is 1. The van der Waals surface area contributed by atoms with Crippen LogP contribution in [-0.2, 0) is 13.1 Å². The monoisotopic (exact) mass is 352 g/mol. The molecule has 1 aliphatic rings. The second-order valence-corrected chi connectivity index (χ2v) is 6.77. The van der Waals surface area contributed by atoms with E-state index in [-0.39, 0.29) is 5.82 Å². The molecule has 0 N–H and O–H groups in total. The van der Waals surface area contributed by atoms with Crippen molar-refractivity contribution < 1.29 is 4.39 Å². The van der Waals surface area contributed by atoms with E-state index in [1.165, 1.54) is 12.1 Å². The summed E-state index contributed by atoms with van der Waals surface area (Å²) in [5, 5.41) is 12.9. The number of nitrogens with zero attached hydrogens (tertiary/aromatic N) is 6. The summed E-state index contributed by atoms with van der Waals surface area (Å²) in [5.41, 5.74) is 2.07. The number of hydrogen-bond acceptors (Lipinski definition) is 5. The molecule has 7 heteroatoms. The van der Waals surface area contributed by atoms with Crippen LogP contribution in [0.2, 0.25) is 0 Å². The molecule has 0 amide bonds. The van der Waals surface area contributed by atoms with E-state index in [0.29, 0.717) is 11.7 Å². The van der Waals surface area contributed by atoms with Crippen LogP contribution in [0.3, 0.4) is 0 Å². The van der Waals surface area contributed by atoms with E-state index in [9.17, 15) is 4.39 Å². The maximum atomic E-state index is 13.1. The highest BCUT2D eigenvalue weighted by molar-refractivity contribution is 5.51. The molecule has 26 heavy (non-hydrogen) atoms. The predicted molar refractivity (Wildman–Crippen MR) is 95.4 cm³/mol. The fraction of sp³-hybridized carbons (Fsp3) is 0.368. The Kier molecular flexibility index (Phi) is 4.97. The third-order valence-corrected chi connectivity index (χ3v) is 4.74. The van der Waals surface area contributed by atoms with Crippen molar-refractivity contribution in [2.24, 2.45) is 5.92 Å². The highest BCUT2D eigenvalue weighted by Gasteiger charge is 2.21. The lowest BCUT2D eigenvalue weighted by atomic mass is 9.97. The first kappa shape index (κ1) is 16.8. The topological polar surface area (TPSA) is 59.7 Å². The highest BCUT2D eigenvalue weighted by atomic mass is 19.1. The van der Waals surface area contributed by atoms with Crippen molar-refractivity contribution in [3.05, 3.63) is 60.2 Å². The average Bonchev–Trinajstić information content (AvgIpc) is 3.13. The normalized spacial score (nSPS) is 18.1. The molecule has 0 radical (unpaired) electrons. The molecule has 0 aliphatic carbocycles. The van der Waals surface area contributed by atoms with Gasteiger partial charge in [-0.1, -0.05) is 12.1 Å². The summed E-state index contributed by atoms with van der Waals surface area (Å²) in [6.45, 7) is 3.67. The van der Waals surface area contributed by atoms with Gasteiger partial charge < -0.3 is 0 Å². The molecule has 6 nitrogen and oxygen atoms in total. The Balaban J connectivity index is 1.36. The summed E-state index contributed by atoms with van der Waals surface area (Å²) < 4.78 is 13.1. The first-order chi connectivity index (χ1) is 12.8. The molecule has 0 bridgehead atoms. The van der Waals surface area contributed by atoms with Gasteiger partial charge in [0.15, 0.2) is 0 Å². The Labute approximate surface area is 151 Å². The largest absolute Gasteiger partial charge is 0.299 e. The van der Waals surface area contributed by atoms with E-state index in [2.05, 4.69) is 25.3 Å². The summed E-state index contributed by atoms with van der Waals surface area (Å²) in [5.74, 6) is 0.933. The molecule has 1 fully saturated rings. The zero-order valence-electron chi connectivity index (χ0n) is 14.5. The molecule has 1 saturated heterocycles. The molecule has 134 valence electrons. The zero-order chi connectivity index (χ0) is 17.8. The lowest BCUT2D eigenvalue weighted by molar-refractivity contribution is 0.149. The quantitative estimate of drug-likeness (QED) is 0.707. The first-order valence-electron chi connectivity index (χ1n) is 8.91. The van der Waals surface area contributed by atoms with E-state index in [1.54, 1.807) is 17.2 Å². The third kappa shape index (κ3) is 4.11. The molecule has 0 unspecified atom stereocenters. The van der Waals surface area contributed by atoms with Gasteiger partial charge >= 0.3 is 0 Å². The number of piperidine rings is 1. The Morgan fingerprint density at radius 3 is 2.69 bits per heavy atom. The lowest BCUT2D eigenvalue weighted by Gasteiger charge is -2.32. The average molecular weight is 352 g/mol. The van der Waals surface area contributed by atoms with Crippen molar-refractivity contribution in [3.8, 4) is 11.4 Å². The number of aromatic nitrogens is 5. The molecule has 3 aromatic rings. The van der Waals surface area contributed by atoms with Gasteiger partial charge in [-0.2, -0.15) is 4.80 Å². The molecule has 4 rings (SSSR count). The van der Waals surface area contributed by atoms with Gasteiger partial charge in [0.05, 0.1) is 6.54 Å². The van der Waals surface area contributed by atoms with Crippen LogP contribution in [0, 0.1) is 11.7 Å². The number of pyridine rings is 1. The summed E-state index contributed by atoms with van der Waals surface area (Å²) in [6, 6.07) is 10.5. The molecule has 1 aromatic carbocycles. The fourth-order valence-corrected chi connectivity index (χ4v) is 3.46. The van der Waals surface area contributed by atoms with Crippen molar-refractivity contribution in [2.75, 3.05) is 13.1 Å². The van der Waals surface area contributed by atoms with Gasteiger partial charge in [0.2, 0.25) is 5.82 Å². The van der Waals surface area contributed by atoms with E-state index < -0.39 is 0 Å². The van der Waals surface area contributed by atoms with Crippen LogP contribution < -0.4 is 0 Å². The van der Waals surface area contributed by atoms with E-state index in [0.717, 1.165) is 50.1 Å². The van der Waals surface area contributed by atoms with Gasteiger partial charge in [-0.3, -0.25) is 9.88 Å². The molecular formula is C19H21FN6. The molecule has 1 aliphatic heterocycles. The van der Waals surface area contributed by atoms with Crippen molar-refractivity contribution in [1.82, 2.24) is 30.1 Å². The second kappa shape index (κ2) is 7.70. The molecule has 2 aromatic heterocycles. The maximum absolute atomic E-state index is 13.1. The summed E-state index contributed by atoms with van der Waals surface area (Å²) in [6.07, 6.45) is 5.76. The summed E-state index contributed by atoms with van der Waals surface area (Å²) >= 11 is 0. The smallest absolute Gasteiger partial charge is 0.205 e. The van der Waals surface area contributed by atoms with Crippen LogP contribution in [0.4, 0.5) is 4.39 Å². The molecule has 3 heterocycles.